The van der Waals surface area contributed by atoms with E-state index in [9.17, 15) is 4.79 Å². The molecule has 0 aromatic carbocycles. The SMILES string of the molecule is CCC(N)(CC(=O)O)C1CC1C. The van der Waals surface area contributed by atoms with E-state index in [1.165, 1.54) is 0 Å². The van der Waals surface area contributed by atoms with E-state index >= 15 is 0 Å². The minimum Gasteiger partial charge on any atom is -0.481 e. The van der Waals surface area contributed by atoms with Crippen molar-refractivity contribution in [1.82, 2.24) is 0 Å². The molecule has 1 rings (SSSR count). The molecule has 0 radical (unpaired) electrons. The average Bonchev–Trinajstić information content (AvgIpc) is 2.66. The third-order valence-corrected chi connectivity index (χ3v) is 2.99. The highest BCUT2D eigenvalue weighted by Gasteiger charge is 2.47. The highest BCUT2D eigenvalue weighted by Crippen LogP contribution is 2.47. The summed E-state index contributed by atoms with van der Waals surface area (Å²) in [4.78, 5) is 10.5. The molecule has 3 atom stereocenters. The molecule has 12 heavy (non-hydrogen) atoms. The smallest absolute Gasteiger partial charge is 0.305 e. The van der Waals surface area contributed by atoms with Gasteiger partial charge in [-0.25, -0.2) is 0 Å². The number of carboxylic acids is 1. The minimum absolute atomic E-state index is 0.110. The summed E-state index contributed by atoms with van der Waals surface area (Å²) in [5, 5.41) is 8.66. The van der Waals surface area contributed by atoms with Gasteiger partial charge in [-0.2, -0.15) is 0 Å². The normalized spacial score (nSPS) is 32.6. The Morgan fingerprint density at radius 2 is 2.25 bits per heavy atom. The van der Waals surface area contributed by atoms with Crippen molar-refractivity contribution in [2.24, 2.45) is 17.6 Å². The number of aliphatic carboxylic acids is 1. The zero-order valence-electron chi connectivity index (χ0n) is 7.71. The maximum atomic E-state index is 10.5. The molecule has 3 nitrogen and oxygen atoms in total. The summed E-state index contributed by atoms with van der Waals surface area (Å²) >= 11 is 0. The van der Waals surface area contributed by atoms with E-state index in [-0.39, 0.29) is 6.42 Å². The molecule has 0 amide bonds. The number of rotatable bonds is 4. The van der Waals surface area contributed by atoms with Crippen molar-refractivity contribution < 1.29 is 9.90 Å². The van der Waals surface area contributed by atoms with Crippen LogP contribution in [0.3, 0.4) is 0 Å². The predicted molar refractivity (Wildman–Crippen MR) is 46.7 cm³/mol. The lowest BCUT2D eigenvalue weighted by molar-refractivity contribution is -0.138. The fourth-order valence-corrected chi connectivity index (χ4v) is 1.92. The molecule has 0 aromatic rings. The van der Waals surface area contributed by atoms with Crippen molar-refractivity contribution in [3.8, 4) is 0 Å². The van der Waals surface area contributed by atoms with Gasteiger partial charge in [-0.15, -0.1) is 0 Å². The van der Waals surface area contributed by atoms with Crippen LogP contribution in [-0.2, 0) is 4.79 Å². The lowest BCUT2D eigenvalue weighted by Gasteiger charge is -2.26. The number of nitrogens with two attached hydrogens (primary N) is 1. The van der Waals surface area contributed by atoms with Gasteiger partial charge in [0.25, 0.3) is 0 Å². The Morgan fingerprint density at radius 1 is 1.75 bits per heavy atom. The first-order chi connectivity index (χ1) is 5.49. The molecule has 3 unspecified atom stereocenters. The van der Waals surface area contributed by atoms with Gasteiger partial charge in [-0.05, 0) is 24.7 Å². The Morgan fingerprint density at radius 3 is 2.50 bits per heavy atom. The van der Waals surface area contributed by atoms with Gasteiger partial charge in [0, 0.05) is 5.54 Å². The van der Waals surface area contributed by atoms with Crippen molar-refractivity contribution in [2.45, 2.75) is 38.6 Å². The molecular weight excluding hydrogens is 154 g/mol. The number of hydrogen-bond donors (Lipinski definition) is 2. The lowest BCUT2D eigenvalue weighted by atomic mass is 9.87. The third kappa shape index (κ3) is 1.78. The summed E-state index contributed by atoms with van der Waals surface area (Å²) in [5.41, 5.74) is 5.56. The van der Waals surface area contributed by atoms with Gasteiger partial charge in [0.1, 0.15) is 0 Å². The summed E-state index contributed by atoms with van der Waals surface area (Å²) in [5.74, 6) is 0.270. The Labute approximate surface area is 72.9 Å². The fraction of sp³-hybridized carbons (Fsp3) is 0.889. The standard InChI is InChI=1S/C9H17NO2/c1-3-9(10,5-8(11)12)7-4-6(7)2/h6-7H,3-5,10H2,1-2H3,(H,11,12). The van der Waals surface area contributed by atoms with Gasteiger partial charge in [-0.1, -0.05) is 13.8 Å². The van der Waals surface area contributed by atoms with Gasteiger partial charge >= 0.3 is 5.97 Å². The molecule has 0 saturated heterocycles. The Kier molecular flexibility index (Phi) is 2.42. The quantitative estimate of drug-likeness (QED) is 0.668. The van der Waals surface area contributed by atoms with E-state index in [2.05, 4.69) is 6.92 Å². The number of hydrogen-bond acceptors (Lipinski definition) is 2. The molecule has 0 heterocycles. The molecule has 3 N–H and O–H groups in total. The van der Waals surface area contributed by atoms with Crippen molar-refractivity contribution in [1.29, 1.82) is 0 Å². The van der Waals surface area contributed by atoms with Crippen LogP contribution in [0.5, 0.6) is 0 Å². The van der Waals surface area contributed by atoms with Crippen LogP contribution in [0.25, 0.3) is 0 Å². The van der Waals surface area contributed by atoms with E-state index < -0.39 is 11.5 Å². The van der Waals surface area contributed by atoms with Gasteiger partial charge in [0.2, 0.25) is 0 Å². The van der Waals surface area contributed by atoms with Gasteiger partial charge in [0.15, 0.2) is 0 Å². The zero-order chi connectivity index (χ0) is 9.35. The summed E-state index contributed by atoms with van der Waals surface area (Å²) in [6.07, 6.45) is 1.96. The molecule has 0 bridgehead atoms. The van der Waals surface area contributed by atoms with Crippen LogP contribution >= 0.6 is 0 Å². The van der Waals surface area contributed by atoms with Crippen LogP contribution in [0.4, 0.5) is 0 Å². The Bertz CT molecular complexity index is 193. The first-order valence-corrected chi connectivity index (χ1v) is 4.50. The van der Waals surface area contributed by atoms with Crippen LogP contribution < -0.4 is 5.73 Å². The van der Waals surface area contributed by atoms with Crippen molar-refractivity contribution in [3.05, 3.63) is 0 Å². The van der Waals surface area contributed by atoms with E-state index in [4.69, 9.17) is 10.8 Å². The minimum atomic E-state index is -0.779. The summed E-state index contributed by atoms with van der Waals surface area (Å²) in [6, 6.07) is 0. The zero-order valence-corrected chi connectivity index (χ0v) is 7.71. The average molecular weight is 171 g/mol. The van der Waals surface area contributed by atoms with E-state index in [1.54, 1.807) is 0 Å². The lowest BCUT2D eigenvalue weighted by Crippen LogP contribution is -2.44. The number of carbonyl (C=O) groups is 1. The molecule has 3 heteroatoms. The Balaban J connectivity index is 2.56. The molecule has 1 saturated carbocycles. The van der Waals surface area contributed by atoms with Crippen LogP contribution in [-0.4, -0.2) is 16.6 Å². The molecule has 0 spiro atoms. The maximum absolute atomic E-state index is 10.5. The van der Waals surface area contributed by atoms with Crippen molar-refractivity contribution in [3.63, 3.8) is 0 Å². The second-order valence-electron chi connectivity index (χ2n) is 3.98. The largest absolute Gasteiger partial charge is 0.481 e. The van der Waals surface area contributed by atoms with Crippen LogP contribution in [0.15, 0.2) is 0 Å². The molecule has 0 aliphatic heterocycles. The highest BCUT2D eigenvalue weighted by molar-refractivity contribution is 5.68. The molecular formula is C9H17NO2. The van der Waals surface area contributed by atoms with Crippen LogP contribution in [0.1, 0.15) is 33.1 Å². The Hall–Kier alpha value is -0.570. The molecule has 70 valence electrons. The summed E-state index contributed by atoms with van der Waals surface area (Å²) in [7, 11) is 0. The van der Waals surface area contributed by atoms with E-state index in [1.807, 2.05) is 6.92 Å². The third-order valence-electron chi connectivity index (χ3n) is 2.99. The van der Waals surface area contributed by atoms with Gasteiger partial charge in [0.05, 0.1) is 6.42 Å². The second kappa shape index (κ2) is 3.05. The fourth-order valence-electron chi connectivity index (χ4n) is 1.92. The predicted octanol–water partition coefficient (Wildman–Crippen LogP) is 1.22. The van der Waals surface area contributed by atoms with E-state index in [0.29, 0.717) is 11.8 Å². The first-order valence-electron chi connectivity index (χ1n) is 4.50. The number of carboxylic acid groups (broad SMARTS) is 1. The van der Waals surface area contributed by atoms with Gasteiger partial charge in [-0.3, -0.25) is 4.79 Å². The van der Waals surface area contributed by atoms with Gasteiger partial charge < -0.3 is 10.8 Å². The second-order valence-corrected chi connectivity index (χ2v) is 3.98. The molecule has 0 aromatic heterocycles. The van der Waals surface area contributed by atoms with Crippen LogP contribution in [0.2, 0.25) is 0 Å². The van der Waals surface area contributed by atoms with E-state index in [0.717, 1.165) is 12.8 Å². The topological polar surface area (TPSA) is 63.3 Å². The summed E-state index contributed by atoms with van der Waals surface area (Å²) < 4.78 is 0. The molecule has 1 aliphatic carbocycles. The maximum Gasteiger partial charge on any atom is 0.305 e. The summed E-state index contributed by atoms with van der Waals surface area (Å²) in [6.45, 7) is 4.10. The monoisotopic (exact) mass is 171 g/mol. The van der Waals surface area contributed by atoms with Crippen LogP contribution in [0, 0.1) is 11.8 Å². The molecule has 1 aliphatic rings. The van der Waals surface area contributed by atoms with Crippen molar-refractivity contribution in [2.75, 3.05) is 0 Å². The van der Waals surface area contributed by atoms with Crippen molar-refractivity contribution >= 4 is 5.97 Å². The first kappa shape index (κ1) is 9.52. The molecule has 1 fully saturated rings. The highest BCUT2D eigenvalue weighted by atomic mass is 16.4.